The van der Waals surface area contributed by atoms with E-state index in [9.17, 15) is 5.11 Å². The third-order valence-electron chi connectivity index (χ3n) is 4.61. The van der Waals surface area contributed by atoms with Crippen LogP contribution in [0.15, 0.2) is 12.2 Å². The Kier molecular flexibility index (Phi) is 3.39. The third-order valence-corrected chi connectivity index (χ3v) is 4.61. The number of hydrogen-bond donors (Lipinski definition) is 1. The predicted molar refractivity (Wildman–Crippen MR) is 69.9 cm³/mol. The molecule has 2 heterocycles. The Labute approximate surface area is 105 Å². The highest BCUT2D eigenvalue weighted by molar-refractivity contribution is 5.02. The van der Waals surface area contributed by atoms with E-state index < -0.39 is 0 Å². The minimum atomic E-state index is -0.305. The SMILES string of the molecule is C=C(C)C[C@@H](O)CC1(C)OC2(C)CCC1CC2. The van der Waals surface area contributed by atoms with Gasteiger partial charge in [-0.1, -0.05) is 5.57 Å². The van der Waals surface area contributed by atoms with Crippen LogP contribution < -0.4 is 0 Å². The summed E-state index contributed by atoms with van der Waals surface area (Å²) in [6, 6.07) is 0. The van der Waals surface area contributed by atoms with Crippen LogP contribution in [-0.2, 0) is 4.74 Å². The Balaban J connectivity index is 2.01. The molecule has 0 amide bonds. The predicted octanol–water partition coefficient (Wildman–Crippen LogP) is 3.44. The van der Waals surface area contributed by atoms with Gasteiger partial charge in [0.05, 0.1) is 17.3 Å². The van der Waals surface area contributed by atoms with E-state index in [1.165, 1.54) is 25.7 Å². The van der Waals surface area contributed by atoms with Gasteiger partial charge < -0.3 is 9.84 Å². The average molecular weight is 238 g/mol. The van der Waals surface area contributed by atoms with Gasteiger partial charge in [-0.2, -0.15) is 0 Å². The zero-order valence-corrected chi connectivity index (χ0v) is 11.5. The highest BCUT2D eigenvalue weighted by Crippen LogP contribution is 2.51. The van der Waals surface area contributed by atoms with E-state index in [2.05, 4.69) is 20.4 Å². The second kappa shape index (κ2) is 4.40. The van der Waals surface area contributed by atoms with Crippen LogP contribution in [0, 0.1) is 5.92 Å². The molecular weight excluding hydrogens is 212 g/mol. The van der Waals surface area contributed by atoms with Crippen molar-refractivity contribution in [2.75, 3.05) is 0 Å². The zero-order chi connectivity index (χ0) is 12.7. The topological polar surface area (TPSA) is 29.5 Å². The number of fused-ring (bicyclic) bond motifs is 3. The minimum Gasteiger partial charge on any atom is -0.393 e. The van der Waals surface area contributed by atoms with Crippen molar-refractivity contribution in [1.29, 1.82) is 0 Å². The smallest absolute Gasteiger partial charge is 0.0714 e. The van der Waals surface area contributed by atoms with Gasteiger partial charge in [0.15, 0.2) is 0 Å². The Bertz CT molecular complexity index is 302. The van der Waals surface area contributed by atoms with Crippen molar-refractivity contribution in [2.24, 2.45) is 5.92 Å². The molecule has 0 aromatic rings. The quantitative estimate of drug-likeness (QED) is 0.760. The fraction of sp³-hybridized carbons (Fsp3) is 0.867. The summed E-state index contributed by atoms with van der Waals surface area (Å²) in [7, 11) is 0. The van der Waals surface area contributed by atoms with E-state index in [4.69, 9.17) is 4.74 Å². The Morgan fingerprint density at radius 2 is 2.00 bits per heavy atom. The first-order chi connectivity index (χ1) is 7.83. The lowest BCUT2D eigenvalue weighted by atomic mass is 9.66. The molecule has 2 aliphatic heterocycles. The van der Waals surface area contributed by atoms with Crippen molar-refractivity contribution in [3.63, 3.8) is 0 Å². The first kappa shape index (κ1) is 13.1. The van der Waals surface area contributed by atoms with Crippen LogP contribution in [0.2, 0.25) is 0 Å². The van der Waals surface area contributed by atoms with Crippen LogP contribution in [0.3, 0.4) is 0 Å². The molecular formula is C15H26O2. The van der Waals surface area contributed by atoms with Gasteiger partial charge in [0.2, 0.25) is 0 Å². The summed E-state index contributed by atoms with van der Waals surface area (Å²) in [4.78, 5) is 0. The lowest BCUT2D eigenvalue weighted by molar-refractivity contribution is -0.247. The van der Waals surface area contributed by atoms with Gasteiger partial charge in [-0.15, -0.1) is 6.58 Å². The molecule has 3 rings (SSSR count). The summed E-state index contributed by atoms with van der Waals surface area (Å²) in [5.41, 5.74) is 0.986. The molecule has 2 saturated heterocycles. The Hall–Kier alpha value is -0.340. The lowest BCUT2D eigenvalue weighted by Crippen LogP contribution is -2.56. The van der Waals surface area contributed by atoms with Crippen molar-refractivity contribution in [1.82, 2.24) is 0 Å². The van der Waals surface area contributed by atoms with E-state index in [-0.39, 0.29) is 17.3 Å². The first-order valence-electron chi connectivity index (χ1n) is 6.86. The molecule has 0 radical (unpaired) electrons. The van der Waals surface area contributed by atoms with Crippen molar-refractivity contribution >= 4 is 0 Å². The van der Waals surface area contributed by atoms with E-state index in [0.29, 0.717) is 12.3 Å². The van der Waals surface area contributed by atoms with Crippen molar-refractivity contribution in [3.05, 3.63) is 12.2 Å². The molecule has 2 heteroatoms. The molecule has 3 fully saturated rings. The maximum Gasteiger partial charge on any atom is 0.0714 e. The molecule has 3 aliphatic rings. The van der Waals surface area contributed by atoms with Crippen LogP contribution in [0.1, 0.15) is 59.3 Å². The van der Waals surface area contributed by atoms with Gasteiger partial charge in [0.1, 0.15) is 0 Å². The molecule has 1 saturated carbocycles. The highest BCUT2D eigenvalue weighted by Gasteiger charge is 2.51. The van der Waals surface area contributed by atoms with Crippen LogP contribution in [-0.4, -0.2) is 22.4 Å². The van der Waals surface area contributed by atoms with E-state index in [0.717, 1.165) is 12.0 Å². The summed E-state index contributed by atoms with van der Waals surface area (Å²) < 4.78 is 6.32. The molecule has 1 N–H and O–H groups in total. The Morgan fingerprint density at radius 3 is 2.47 bits per heavy atom. The Morgan fingerprint density at radius 1 is 1.41 bits per heavy atom. The van der Waals surface area contributed by atoms with Crippen LogP contribution >= 0.6 is 0 Å². The first-order valence-corrected chi connectivity index (χ1v) is 6.86. The largest absolute Gasteiger partial charge is 0.393 e. The molecule has 0 aromatic heterocycles. The monoisotopic (exact) mass is 238 g/mol. The fourth-order valence-corrected chi connectivity index (χ4v) is 3.74. The lowest BCUT2D eigenvalue weighted by Gasteiger charge is -2.56. The summed E-state index contributed by atoms with van der Waals surface area (Å²) in [6.45, 7) is 10.3. The second-order valence-electron chi connectivity index (χ2n) is 6.66. The maximum absolute atomic E-state index is 10.1. The molecule has 2 nitrogen and oxygen atoms in total. The van der Waals surface area contributed by atoms with Crippen molar-refractivity contribution in [3.8, 4) is 0 Å². The third kappa shape index (κ3) is 2.74. The summed E-state index contributed by atoms with van der Waals surface area (Å²) in [6.07, 6.45) is 6.02. The van der Waals surface area contributed by atoms with Crippen LogP contribution in [0.25, 0.3) is 0 Å². The summed E-state index contributed by atoms with van der Waals surface area (Å²) in [5.74, 6) is 0.629. The molecule has 2 bridgehead atoms. The van der Waals surface area contributed by atoms with Gasteiger partial charge in [0.25, 0.3) is 0 Å². The normalized spacial score (nSPS) is 42.5. The molecule has 17 heavy (non-hydrogen) atoms. The van der Waals surface area contributed by atoms with Gasteiger partial charge >= 0.3 is 0 Å². The zero-order valence-electron chi connectivity index (χ0n) is 11.5. The molecule has 1 unspecified atom stereocenters. The van der Waals surface area contributed by atoms with Crippen LogP contribution in [0.4, 0.5) is 0 Å². The van der Waals surface area contributed by atoms with Crippen LogP contribution in [0.5, 0.6) is 0 Å². The van der Waals surface area contributed by atoms with Gasteiger partial charge in [-0.05, 0) is 58.8 Å². The second-order valence-corrected chi connectivity index (χ2v) is 6.66. The van der Waals surface area contributed by atoms with Crippen molar-refractivity contribution < 1.29 is 9.84 Å². The van der Waals surface area contributed by atoms with Gasteiger partial charge in [0, 0.05) is 6.42 Å². The molecule has 0 aromatic carbocycles. The molecule has 2 atom stereocenters. The van der Waals surface area contributed by atoms with E-state index in [1.807, 2.05) is 6.92 Å². The maximum atomic E-state index is 10.1. The number of rotatable bonds is 4. The molecule has 0 spiro atoms. The summed E-state index contributed by atoms with van der Waals surface area (Å²) in [5, 5.41) is 10.1. The number of hydrogen-bond acceptors (Lipinski definition) is 2. The number of ether oxygens (including phenoxy) is 1. The average Bonchev–Trinajstić information content (AvgIpc) is 2.14. The van der Waals surface area contributed by atoms with Crippen molar-refractivity contribution in [2.45, 2.75) is 76.6 Å². The highest BCUT2D eigenvalue weighted by atomic mass is 16.5. The number of aliphatic hydroxyl groups is 1. The fourth-order valence-electron chi connectivity index (χ4n) is 3.74. The van der Waals surface area contributed by atoms with Gasteiger partial charge in [-0.3, -0.25) is 0 Å². The van der Waals surface area contributed by atoms with E-state index >= 15 is 0 Å². The standard InChI is InChI=1S/C15H26O2/c1-11(2)9-13(16)10-15(4)12-5-7-14(3,17-15)8-6-12/h12-13,16H,1,5-10H2,2-4H3/t12?,13-,14?,15?/m1/s1. The van der Waals surface area contributed by atoms with Gasteiger partial charge in [-0.25, -0.2) is 0 Å². The van der Waals surface area contributed by atoms with E-state index in [1.54, 1.807) is 0 Å². The minimum absolute atomic E-state index is 0.0619. The molecule has 98 valence electrons. The number of aliphatic hydroxyl groups excluding tert-OH is 1. The summed E-state index contributed by atoms with van der Waals surface area (Å²) >= 11 is 0. The molecule has 1 aliphatic carbocycles.